The van der Waals surface area contributed by atoms with E-state index >= 15 is 0 Å². The molecule has 2 nitrogen and oxygen atoms in total. The van der Waals surface area contributed by atoms with Crippen molar-refractivity contribution >= 4 is 0 Å². The molecule has 0 aliphatic heterocycles. The Morgan fingerprint density at radius 1 is 0.270 bits per heavy atom. The summed E-state index contributed by atoms with van der Waals surface area (Å²) >= 11 is 0. The van der Waals surface area contributed by atoms with Crippen molar-refractivity contribution in [2.24, 2.45) is 0 Å². The lowest BCUT2D eigenvalue weighted by molar-refractivity contribution is 0.659. The van der Waals surface area contributed by atoms with E-state index in [1.165, 1.54) is 100 Å². The lowest BCUT2D eigenvalue weighted by Gasteiger charge is -2.24. The van der Waals surface area contributed by atoms with Crippen molar-refractivity contribution in [2.75, 3.05) is 0 Å². The molecule has 3 aliphatic carbocycles. The number of pyridine rings is 2. The normalized spacial score (nSPS) is 15.2. The van der Waals surface area contributed by atoms with E-state index in [1.54, 1.807) is 0 Å². The Hall–Kier alpha value is -7.16. The van der Waals surface area contributed by atoms with Gasteiger partial charge in [-0.25, -0.2) is 4.98 Å². The van der Waals surface area contributed by atoms with Gasteiger partial charge in [-0.15, -0.1) is 0 Å². The molecule has 3 aliphatic rings. The molecule has 0 amide bonds. The largest absolute Gasteiger partial charge is 0.255 e. The van der Waals surface area contributed by atoms with Gasteiger partial charge in [0, 0.05) is 28.0 Å². The number of fused-ring (bicyclic) bond motifs is 9. The molecular formula is C61H48N2. The molecule has 7 aromatic carbocycles. The van der Waals surface area contributed by atoms with Crippen molar-refractivity contribution in [3.05, 3.63) is 216 Å². The minimum absolute atomic E-state index is 0.0241. The van der Waals surface area contributed by atoms with Crippen molar-refractivity contribution in [2.45, 2.75) is 57.8 Å². The Balaban J connectivity index is 0.841. The minimum atomic E-state index is -0.162. The molecule has 63 heavy (non-hydrogen) atoms. The van der Waals surface area contributed by atoms with Crippen LogP contribution >= 0.6 is 0 Å². The highest BCUT2D eigenvalue weighted by Gasteiger charge is 2.39. The third-order valence-corrected chi connectivity index (χ3v) is 14.8. The molecule has 2 aromatic heterocycles. The van der Waals surface area contributed by atoms with Crippen LogP contribution in [-0.2, 0) is 16.2 Å². The Bertz CT molecular complexity index is 3360. The molecule has 0 saturated carbocycles. The van der Waals surface area contributed by atoms with Gasteiger partial charge in [0.25, 0.3) is 0 Å². The maximum absolute atomic E-state index is 5.00. The molecule has 9 aromatic rings. The lowest BCUT2D eigenvalue weighted by Crippen LogP contribution is -2.16. The van der Waals surface area contributed by atoms with E-state index in [0.717, 1.165) is 22.6 Å². The Kier molecular flexibility index (Phi) is 8.01. The number of benzene rings is 7. The van der Waals surface area contributed by atoms with Crippen LogP contribution in [0.2, 0.25) is 0 Å². The highest BCUT2D eigenvalue weighted by molar-refractivity contribution is 5.90. The summed E-state index contributed by atoms with van der Waals surface area (Å²) in [5.41, 5.74) is 27.4. The van der Waals surface area contributed by atoms with Crippen molar-refractivity contribution in [1.29, 1.82) is 0 Å². The van der Waals surface area contributed by atoms with Gasteiger partial charge in [-0.1, -0.05) is 157 Å². The van der Waals surface area contributed by atoms with Crippen molar-refractivity contribution in [3.63, 3.8) is 0 Å². The molecular weight excluding hydrogens is 761 g/mol. The smallest absolute Gasteiger partial charge is 0.0893 e. The fourth-order valence-electron chi connectivity index (χ4n) is 11.2. The molecule has 0 spiro atoms. The predicted octanol–water partition coefficient (Wildman–Crippen LogP) is 15.7. The van der Waals surface area contributed by atoms with E-state index in [-0.39, 0.29) is 16.2 Å². The van der Waals surface area contributed by atoms with Gasteiger partial charge in [-0.3, -0.25) is 4.98 Å². The first-order valence-electron chi connectivity index (χ1n) is 22.3. The number of rotatable bonds is 5. The predicted molar refractivity (Wildman–Crippen MR) is 262 cm³/mol. The zero-order valence-electron chi connectivity index (χ0n) is 36.7. The van der Waals surface area contributed by atoms with Gasteiger partial charge in [0.2, 0.25) is 0 Å². The fourth-order valence-corrected chi connectivity index (χ4v) is 11.2. The van der Waals surface area contributed by atoms with Gasteiger partial charge in [-0.2, -0.15) is 0 Å². The average Bonchev–Trinajstić information content (AvgIpc) is 3.80. The maximum Gasteiger partial charge on any atom is 0.0893 e. The third-order valence-electron chi connectivity index (χ3n) is 14.8. The van der Waals surface area contributed by atoms with Crippen LogP contribution in [0.25, 0.3) is 89.4 Å². The van der Waals surface area contributed by atoms with E-state index in [2.05, 4.69) is 198 Å². The Morgan fingerprint density at radius 2 is 0.635 bits per heavy atom. The van der Waals surface area contributed by atoms with E-state index in [9.17, 15) is 0 Å². The zero-order chi connectivity index (χ0) is 42.8. The SMILES string of the molecule is CC1(C)c2ccccc2-c2ccc(-c3ccc4c(c3)C(C)(C)c3cc(-c5ccc6c(c5)C(C)(C)c5cc(-c7cccc(-c8cccc(-c9ccccn9)n8)c7)ccc5-6)ccc3-4)cc21. The van der Waals surface area contributed by atoms with Crippen LogP contribution in [0.4, 0.5) is 0 Å². The maximum atomic E-state index is 5.00. The second-order valence-electron chi connectivity index (χ2n) is 19.4. The van der Waals surface area contributed by atoms with Crippen LogP contribution in [0.5, 0.6) is 0 Å². The van der Waals surface area contributed by atoms with Gasteiger partial charge in [0.1, 0.15) is 0 Å². The molecule has 2 heteroatoms. The second kappa shape index (κ2) is 13.4. The van der Waals surface area contributed by atoms with E-state index in [0.29, 0.717) is 0 Å². The van der Waals surface area contributed by atoms with E-state index in [1.807, 2.05) is 30.5 Å². The van der Waals surface area contributed by atoms with Gasteiger partial charge < -0.3 is 0 Å². The Morgan fingerprint density at radius 3 is 1.11 bits per heavy atom. The molecule has 0 radical (unpaired) electrons. The monoisotopic (exact) mass is 808 g/mol. The first-order chi connectivity index (χ1) is 30.5. The summed E-state index contributed by atoms with van der Waals surface area (Å²) in [7, 11) is 0. The minimum Gasteiger partial charge on any atom is -0.255 e. The van der Waals surface area contributed by atoms with Gasteiger partial charge in [0.15, 0.2) is 0 Å². The molecule has 0 N–H and O–H groups in total. The Labute approximate surface area is 371 Å². The molecule has 0 bridgehead atoms. The van der Waals surface area contributed by atoms with Crippen LogP contribution in [-0.4, -0.2) is 9.97 Å². The number of hydrogen-bond acceptors (Lipinski definition) is 2. The first-order valence-corrected chi connectivity index (χ1v) is 22.3. The summed E-state index contributed by atoms with van der Waals surface area (Å²) in [4.78, 5) is 9.52. The summed E-state index contributed by atoms with van der Waals surface area (Å²) in [6.45, 7) is 14.3. The van der Waals surface area contributed by atoms with E-state index in [4.69, 9.17) is 4.98 Å². The van der Waals surface area contributed by atoms with Crippen molar-refractivity contribution < 1.29 is 0 Å². The zero-order valence-corrected chi connectivity index (χ0v) is 36.7. The van der Waals surface area contributed by atoms with Crippen LogP contribution in [0.3, 0.4) is 0 Å². The number of nitrogens with zero attached hydrogens (tertiary/aromatic N) is 2. The standard InChI is InChI=1S/C61H48N2/c1-59(2)50-16-8-7-15-44(50)45-25-21-39(33-51(45)59)40-22-27-48-49-29-24-42(36-55(49)61(5,6)54(48)34-40)41-23-28-47-46-26-20-38(32-52(46)60(3,4)53(47)35-41)37-13-11-14-43(31-37)56-18-12-19-58(63-56)57-17-9-10-30-62-57/h7-36H,1-6H3. The fraction of sp³-hybridized carbons (Fsp3) is 0.148. The van der Waals surface area contributed by atoms with Crippen molar-refractivity contribution in [1.82, 2.24) is 9.97 Å². The van der Waals surface area contributed by atoms with Crippen LogP contribution in [0.15, 0.2) is 182 Å². The molecule has 0 saturated heterocycles. The van der Waals surface area contributed by atoms with Gasteiger partial charge in [-0.05, 0) is 161 Å². The third kappa shape index (κ3) is 5.64. The summed E-state index contributed by atoms with van der Waals surface area (Å²) in [6.07, 6.45) is 1.82. The highest BCUT2D eigenvalue weighted by Crippen LogP contribution is 2.54. The summed E-state index contributed by atoms with van der Waals surface area (Å²) in [5.74, 6) is 0. The molecule has 12 rings (SSSR count). The second-order valence-corrected chi connectivity index (χ2v) is 19.4. The number of aromatic nitrogens is 2. The van der Waals surface area contributed by atoms with Crippen molar-refractivity contribution in [3.8, 4) is 89.4 Å². The van der Waals surface area contributed by atoms with Crippen LogP contribution in [0, 0.1) is 0 Å². The van der Waals surface area contributed by atoms with E-state index < -0.39 is 0 Å². The molecule has 302 valence electrons. The number of hydrogen-bond donors (Lipinski definition) is 0. The molecule has 0 fully saturated rings. The molecule has 0 unspecified atom stereocenters. The summed E-state index contributed by atoms with van der Waals surface area (Å²) in [5, 5.41) is 0. The van der Waals surface area contributed by atoms with Crippen LogP contribution < -0.4 is 0 Å². The quantitative estimate of drug-likeness (QED) is 0.173. The van der Waals surface area contributed by atoms with Gasteiger partial charge in [0.05, 0.1) is 17.1 Å². The summed E-state index contributed by atoms with van der Waals surface area (Å²) < 4.78 is 0. The van der Waals surface area contributed by atoms with Crippen LogP contribution in [0.1, 0.15) is 74.9 Å². The van der Waals surface area contributed by atoms with Gasteiger partial charge >= 0.3 is 0 Å². The molecule has 0 atom stereocenters. The lowest BCUT2D eigenvalue weighted by atomic mass is 9.79. The highest BCUT2D eigenvalue weighted by atomic mass is 14.8. The first kappa shape index (κ1) is 37.6. The molecule has 2 heterocycles. The topological polar surface area (TPSA) is 25.8 Å². The summed E-state index contributed by atoms with van der Waals surface area (Å²) in [6, 6.07) is 65.4. The average molecular weight is 809 g/mol.